The molecule has 3 heteroatoms. The largest absolute Gasteiger partial charge is 0.496 e. The molecular weight excluding hydrogens is 228 g/mol. The van der Waals surface area contributed by atoms with Gasteiger partial charge < -0.3 is 9.84 Å². The van der Waals surface area contributed by atoms with E-state index in [1.165, 1.54) is 0 Å². The van der Waals surface area contributed by atoms with Gasteiger partial charge in [0, 0.05) is 12.0 Å². The van der Waals surface area contributed by atoms with E-state index < -0.39 is 5.97 Å². The number of carboxylic acids is 1. The quantitative estimate of drug-likeness (QED) is 0.781. The Labute approximate surface area is 107 Å². The standard InChI is InChI=1S/C15H18O3/c1-12(8-4-3-5-11-15(16)17)13-9-6-7-10-14(13)18-2/h3-4,6-10H,5,11H2,1-2H3,(H,16,17)/b4-3-,12-8+. The zero-order valence-electron chi connectivity index (χ0n) is 10.7. The molecule has 0 aromatic heterocycles. The molecule has 18 heavy (non-hydrogen) atoms. The van der Waals surface area contributed by atoms with Crippen molar-refractivity contribution in [3.05, 3.63) is 48.1 Å². The molecule has 1 aromatic carbocycles. The SMILES string of the molecule is COc1ccccc1/C(C)=C/C=C\CCC(=O)O. The van der Waals surface area contributed by atoms with Crippen molar-refractivity contribution < 1.29 is 14.6 Å². The van der Waals surface area contributed by atoms with Crippen LogP contribution >= 0.6 is 0 Å². The first kappa shape index (κ1) is 14.0. The van der Waals surface area contributed by atoms with E-state index in [1.54, 1.807) is 7.11 Å². The van der Waals surface area contributed by atoms with E-state index >= 15 is 0 Å². The second-order valence-electron chi connectivity index (χ2n) is 3.91. The highest BCUT2D eigenvalue weighted by molar-refractivity contribution is 5.70. The van der Waals surface area contributed by atoms with Gasteiger partial charge in [-0.2, -0.15) is 0 Å². The van der Waals surface area contributed by atoms with Gasteiger partial charge in [-0.15, -0.1) is 0 Å². The van der Waals surface area contributed by atoms with E-state index in [-0.39, 0.29) is 6.42 Å². The normalized spacial score (nSPS) is 11.8. The van der Waals surface area contributed by atoms with Crippen molar-refractivity contribution in [3.63, 3.8) is 0 Å². The Kier molecular flexibility index (Phi) is 5.71. The number of carboxylic acid groups (broad SMARTS) is 1. The van der Waals surface area contributed by atoms with Crippen LogP contribution in [0.2, 0.25) is 0 Å². The Morgan fingerprint density at radius 2 is 2.11 bits per heavy atom. The smallest absolute Gasteiger partial charge is 0.303 e. The number of para-hydroxylation sites is 1. The zero-order chi connectivity index (χ0) is 13.4. The second kappa shape index (κ2) is 7.33. The van der Waals surface area contributed by atoms with E-state index in [4.69, 9.17) is 9.84 Å². The summed E-state index contributed by atoms with van der Waals surface area (Å²) in [6.07, 6.45) is 6.40. The molecule has 0 radical (unpaired) electrons. The fraction of sp³-hybridized carbons (Fsp3) is 0.267. The van der Waals surface area contributed by atoms with E-state index in [1.807, 2.05) is 49.4 Å². The number of aliphatic carboxylic acids is 1. The maximum atomic E-state index is 10.3. The third-order valence-corrected chi connectivity index (χ3v) is 2.54. The third-order valence-electron chi connectivity index (χ3n) is 2.54. The van der Waals surface area contributed by atoms with Gasteiger partial charge in [-0.05, 0) is 25.0 Å². The maximum Gasteiger partial charge on any atom is 0.303 e. The Morgan fingerprint density at radius 3 is 2.78 bits per heavy atom. The molecule has 0 aliphatic heterocycles. The topological polar surface area (TPSA) is 46.5 Å². The summed E-state index contributed by atoms with van der Waals surface area (Å²) in [5.74, 6) is 0.0651. The highest BCUT2D eigenvalue weighted by Crippen LogP contribution is 2.25. The summed E-state index contributed by atoms with van der Waals surface area (Å²) in [6.45, 7) is 2.00. The first-order chi connectivity index (χ1) is 8.65. The van der Waals surface area contributed by atoms with Crippen LogP contribution in [0.15, 0.2) is 42.5 Å². The summed E-state index contributed by atoms with van der Waals surface area (Å²) >= 11 is 0. The van der Waals surface area contributed by atoms with Gasteiger partial charge in [0.2, 0.25) is 0 Å². The van der Waals surface area contributed by atoms with Gasteiger partial charge in [0.05, 0.1) is 7.11 Å². The fourth-order valence-corrected chi connectivity index (χ4v) is 1.58. The van der Waals surface area contributed by atoms with E-state index in [9.17, 15) is 4.79 Å². The molecule has 0 saturated carbocycles. The molecule has 0 unspecified atom stereocenters. The Bertz CT molecular complexity index is 459. The van der Waals surface area contributed by atoms with Gasteiger partial charge in [0.25, 0.3) is 0 Å². The average Bonchev–Trinajstić information content (AvgIpc) is 2.37. The summed E-state index contributed by atoms with van der Waals surface area (Å²) in [4.78, 5) is 10.3. The van der Waals surface area contributed by atoms with E-state index in [2.05, 4.69) is 0 Å². The van der Waals surface area contributed by atoms with Crippen molar-refractivity contribution in [2.24, 2.45) is 0 Å². The number of hydrogen-bond donors (Lipinski definition) is 1. The van der Waals surface area contributed by atoms with Gasteiger partial charge in [0.15, 0.2) is 0 Å². The number of carbonyl (C=O) groups is 1. The number of methoxy groups -OCH3 is 1. The lowest BCUT2D eigenvalue weighted by atomic mass is 10.1. The molecule has 0 fully saturated rings. The molecule has 0 heterocycles. The molecule has 0 atom stereocenters. The van der Waals surface area contributed by atoms with Crippen LogP contribution in [0.4, 0.5) is 0 Å². The first-order valence-electron chi connectivity index (χ1n) is 5.83. The zero-order valence-corrected chi connectivity index (χ0v) is 10.7. The monoisotopic (exact) mass is 246 g/mol. The molecule has 0 aliphatic carbocycles. The van der Waals surface area contributed by atoms with Crippen LogP contribution in [0.1, 0.15) is 25.3 Å². The van der Waals surface area contributed by atoms with Crippen LogP contribution in [0.3, 0.4) is 0 Å². The molecule has 1 N–H and O–H groups in total. The van der Waals surface area contributed by atoms with E-state index in [0.717, 1.165) is 16.9 Å². The molecule has 0 spiro atoms. The van der Waals surface area contributed by atoms with Crippen LogP contribution in [0, 0.1) is 0 Å². The summed E-state index contributed by atoms with van der Waals surface area (Å²) < 4.78 is 5.28. The molecule has 3 nitrogen and oxygen atoms in total. The molecule has 0 aliphatic rings. The van der Waals surface area contributed by atoms with Crippen molar-refractivity contribution in [2.45, 2.75) is 19.8 Å². The van der Waals surface area contributed by atoms with Crippen LogP contribution in [0.25, 0.3) is 5.57 Å². The molecule has 1 rings (SSSR count). The van der Waals surface area contributed by atoms with Gasteiger partial charge in [-0.3, -0.25) is 4.79 Å². The second-order valence-corrected chi connectivity index (χ2v) is 3.91. The average molecular weight is 246 g/mol. The summed E-state index contributed by atoms with van der Waals surface area (Å²) in [7, 11) is 1.65. The van der Waals surface area contributed by atoms with E-state index in [0.29, 0.717) is 6.42 Å². The first-order valence-corrected chi connectivity index (χ1v) is 5.83. The lowest BCUT2D eigenvalue weighted by Gasteiger charge is -2.07. The molecule has 0 amide bonds. The highest BCUT2D eigenvalue weighted by atomic mass is 16.5. The summed E-state index contributed by atoms with van der Waals surface area (Å²) in [6, 6.07) is 7.80. The van der Waals surface area contributed by atoms with Crippen LogP contribution in [-0.2, 0) is 4.79 Å². The Balaban J connectivity index is 2.68. The van der Waals surface area contributed by atoms with Crippen molar-refractivity contribution in [3.8, 4) is 5.75 Å². The third kappa shape index (κ3) is 4.45. The molecular formula is C15H18O3. The van der Waals surface area contributed by atoms with Crippen LogP contribution in [-0.4, -0.2) is 18.2 Å². The number of ether oxygens (including phenoxy) is 1. The van der Waals surface area contributed by atoms with Crippen LogP contribution in [0.5, 0.6) is 5.75 Å². The lowest BCUT2D eigenvalue weighted by Crippen LogP contribution is -1.91. The summed E-state index contributed by atoms with van der Waals surface area (Å²) in [5, 5.41) is 8.50. The number of hydrogen-bond acceptors (Lipinski definition) is 2. The van der Waals surface area contributed by atoms with Crippen molar-refractivity contribution in [1.82, 2.24) is 0 Å². The van der Waals surface area contributed by atoms with Crippen LogP contribution < -0.4 is 4.74 Å². The Morgan fingerprint density at radius 1 is 1.39 bits per heavy atom. The molecule has 1 aromatic rings. The molecule has 0 saturated heterocycles. The minimum Gasteiger partial charge on any atom is -0.496 e. The van der Waals surface area contributed by atoms with Crippen molar-refractivity contribution in [2.75, 3.05) is 7.11 Å². The number of rotatable bonds is 6. The maximum absolute atomic E-state index is 10.3. The molecule has 96 valence electrons. The fourth-order valence-electron chi connectivity index (χ4n) is 1.58. The van der Waals surface area contributed by atoms with Gasteiger partial charge >= 0.3 is 5.97 Å². The van der Waals surface area contributed by atoms with Gasteiger partial charge in [-0.1, -0.05) is 36.4 Å². The Hall–Kier alpha value is -2.03. The summed E-state index contributed by atoms with van der Waals surface area (Å²) in [5.41, 5.74) is 2.13. The van der Waals surface area contributed by atoms with Crippen molar-refractivity contribution in [1.29, 1.82) is 0 Å². The number of benzene rings is 1. The predicted octanol–water partition coefficient (Wildman–Crippen LogP) is 3.52. The van der Waals surface area contributed by atoms with Gasteiger partial charge in [0.1, 0.15) is 5.75 Å². The van der Waals surface area contributed by atoms with Crippen molar-refractivity contribution >= 4 is 11.5 Å². The predicted molar refractivity (Wildman–Crippen MR) is 72.7 cm³/mol. The highest BCUT2D eigenvalue weighted by Gasteiger charge is 2.01. The number of allylic oxidation sites excluding steroid dienone is 4. The molecule has 0 bridgehead atoms. The van der Waals surface area contributed by atoms with Gasteiger partial charge in [-0.25, -0.2) is 0 Å². The minimum atomic E-state index is -0.773. The lowest BCUT2D eigenvalue weighted by molar-refractivity contribution is -0.136. The minimum absolute atomic E-state index is 0.165.